The van der Waals surface area contributed by atoms with E-state index < -0.39 is 0 Å². The molecule has 1 aliphatic heterocycles. The highest BCUT2D eigenvalue weighted by atomic mass is 16.2. The lowest BCUT2D eigenvalue weighted by Crippen LogP contribution is -2.92. The lowest BCUT2D eigenvalue weighted by atomic mass is 10.1. The molecule has 19 heavy (non-hydrogen) atoms. The van der Waals surface area contributed by atoms with Gasteiger partial charge in [0.25, 0.3) is 5.91 Å². The van der Waals surface area contributed by atoms with Crippen molar-refractivity contribution in [2.45, 2.75) is 25.9 Å². The molecule has 0 spiro atoms. The maximum atomic E-state index is 12.2. The van der Waals surface area contributed by atoms with Crippen LogP contribution in [-0.2, 0) is 4.79 Å². The molecule has 0 radical (unpaired) electrons. The number of quaternary nitrogens is 1. The first kappa shape index (κ1) is 13.5. The average molecular weight is 262 g/mol. The Bertz CT molecular complexity index is 461. The Morgan fingerprint density at radius 2 is 2.00 bits per heavy atom. The van der Waals surface area contributed by atoms with Crippen LogP contribution in [0.3, 0.4) is 0 Å². The van der Waals surface area contributed by atoms with Crippen molar-refractivity contribution in [1.29, 1.82) is 0 Å². The molecule has 0 bridgehead atoms. The second-order valence-corrected chi connectivity index (χ2v) is 4.90. The molecule has 2 atom stereocenters. The predicted octanol–water partition coefficient (Wildman–Crippen LogP) is 0.251. The molecular weight excluding hydrogens is 242 g/mol. The number of carbonyl (C=O) groups is 2. The van der Waals surface area contributed by atoms with Gasteiger partial charge in [-0.1, -0.05) is 30.3 Å². The van der Waals surface area contributed by atoms with Gasteiger partial charge in [-0.15, -0.1) is 0 Å². The van der Waals surface area contributed by atoms with Crippen molar-refractivity contribution in [2.75, 3.05) is 13.1 Å². The summed E-state index contributed by atoms with van der Waals surface area (Å²) in [5.41, 5.74) is 1.17. The summed E-state index contributed by atoms with van der Waals surface area (Å²) in [6, 6.07) is 9.67. The molecule has 1 saturated heterocycles. The van der Waals surface area contributed by atoms with E-state index >= 15 is 0 Å². The van der Waals surface area contributed by atoms with Gasteiger partial charge in [-0.3, -0.25) is 9.69 Å². The van der Waals surface area contributed by atoms with Crippen LogP contribution in [0.25, 0.3) is 0 Å². The van der Waals surface area contributed by atoms with Crippen LogP contribution in [0.1, 0.15) is 25.5 Å². The summed E-state index contributed by atoms with van der Waals surface area (Å²) >= 11 is 0. The predicted molar refractivity (Wildman–Crippen MR) is 71.4 cm³/mol. The van der Waals surface area contributed by atoms with E-state index in [0.29, 0.717) is 13.1 Å². The average Bonchev–Trinajstić information content (AvgIpc) is 2.85. The quantitative estimate of drug-likeness (QED) is 0.817. The molecule has 1 heterocycles. The number of benzene rings is 1. The van der Waals surface area contributed by atoms with E-state index in [0.717, 1.165) is 0 Å². The smallest absolute Gasteiger partial charge is 0.324 e. The third-order valence-electron chi connectivity index (χ3n) is 3.42. The van der Waals surface area contributed by atoms with Crippen molar-refractivity contribution >= 4 is 11.9 Å². The zero-order chi connectivity index (χ0) is 13.8. The van der Waals surface area contributed by atoms with E-state index in [1.807, 2.05) is 42.6 Å². The lowest BCUT2D eigenvalue weighted by Gasteiger charge is -2.20. The Balaban J connectivity index is 1.95. The number of imide groups is 1. The van der Waals surface area contributed by atoms with Crippen molar-refractivity contribution in [2.24, 2.45) is 0 Å². The van der Waals surface area contributed by atoms with Crippen molar-refractivity contribution in [1.82, 2.24) is 10.2 Å². The summed E-state index contributed by atoms with van der Waals surface area (Å²) in [6.45, 7) is 4.91. The molecular formula is C14H20N3O2+. The first-order valence-corrected chi connectivity index (χ1v) is 6.58. The van der Waals surface area contributed by atoms with Crippen LogP contribution >= 0.6 is 0 Å². The normalized spacial score (nSPS) is 18.0. The molecule has 5 nitrogen and oxygen atoms in total. The van der Waals surface area contributed by atoms with Crippen molar-refractivity contribution in [3.05, 3.63) is 35.9 Å². The van der Waals surface area contributed by atoms with E-state index in [2.05, 4.69) is 12.2 Å². The third-order valence-corrected chi connectivity index (χ3v) is 3.42. The van der Waals surface area contributed by atoms with E-state index in [1.54, 1.807) is 0 Å². The lowest BCUT2D eigenvalue weighted by molar-refractivity contribution is -0.710. The van der Waals surface area contributed by atoms with Crippen LogP contribution in [0.2, 0.25) is 0 Å². The standard InChI is InChI=1S/C14H19N3O2/c1-10(12-6-4-3-5-7-12)16-11(2)13(18)17-9-8-15-14(17)19/h3-7,10-11,16H,8-9H2,1-2H3,(H,15,19)/p+1/t10-,11+/m1/s1. The van der Waals surface area contributed by atoms with Gasteiger partial charge in [0.1, 0.15) is 6.04 Å². The summed E-state index contributed by atoms with van der Waals surface area (Å²) in [5, 5.41) is 4.63. The van der Waals surface area contributed by atoms with Crippen molar-refractivity contribution < 1.29 is 14.9 Å². The second kappa shape index (κ2) is 5.84. The number of nitrogens with two attached hydrogens (primary N) is 1. The van der Waals surface area contributed by atoms with Gasteiger partial charge < -0.3 is 10.6 Å². The molecule has 1 fully saturated rings. The van der Waals surface area contributed by atoms with E-state index in [-0.39, 0.29) is 24.0 Å². The van der Waals surface area contributed by atoms with Gasteiger partial charge in [0.15, 0.2) is 6.04 Å². The summed E-state index contributed by atoms with van der Waals surface area (Å²) in [4.78, 5) is 24.9. The molecule has 102 valence electrons. The van der Waals surface area contributed by atoms with Crippen LogP contribution in [0, 0.1) is 0 Å². The number of hydrogen-bond acceptors (Lipinski definition) is 2. The van der Waals surface area contributed by atoms with Crippen molar-refractivity contribution in [3.8, 4) is 0 Å². The molecule has 1 aliphatic rings. The molecule has 0 saturated carbocycles. The molecule has 2 rings (SSSR count). The maximum Gasteiger partial charge on any atom is 0.324 e. The molecule has 3 amide bonds. The van der Waals surface area contributed by atoms with Crippen LogP contribution in [0.4, 0.5) is 4.79 Å². The zero-order valence-electron chi connectivity index (χ0n) is 11.3. The summed E-state index contributed by atoms with van der Waals surface area (Å²) in [7, 11) is 0. The number of urea groups is 1. The molecule has 1 aromatic rings. The van der Waals surface area contributed by atoms with Gasteiger partial charge in [-0.05, 0) is 13.8 Å². The molecule has 1 aromatic carbocycles. The van der Waals surface area contributed by atoms with Crippen molar-refractivity contribution in [3.63, 3.8) is 0 Å². The first-order valence-electron chi connectivity index (χ1n) is 6.58. The highest BCUT2D eigenvalue weighted by Gasteiger charge is 2.32. The second-order valence-electron chi connectivity index (χ2n) is 4.90. The summed E-state index contributed by atoms with van der Waals surface area (Å²) in [6.07, 6.45) is 0. The summed E-state index contributed by atoms with van der Waals surface area (Å²) in [5.74, 6) is -0.127. The van der Waals surface area contributed by atoms with Crippen LogP contribution in [0.5, 0.6) is 0 Å². The van der Waals surface area contributed by atoms with Gasteiger partial charge >= 0.3 is 6.03 Å². The fraction of sp³-hybridized carbons (Fsp3) is 0.429. The Labute approximate surface area is 113 Å². The minimum absolute atomic E-state index is 0.127. The molecule has 0 aromatic heterocycles. The Morgan fingerprint density at radius 1 is 1.32 bits per heavy atom. The largest absolute Gasteiger partial charge is 0.336 e. The number of amides is 3. The number of nitrogens with one attached hydrogen (secondary N) is 1. The molecule has 3 N–H and O–H groups in total. The molecule has 0 unspecified atom stereocenters. The maximum absolute atomic E-state index is 12.2. The highest BCUT2D eigenvalue weighted by molar-refractivity contribution is 5.97. The van der Waals surface area contributed by atoms with Crippen LogP contribution in [-0.4, -0.2) is 36.0 Å². The van der Waals surface area contributed by atoms with Gasteiger partial charge in [0, 0.05) is 18.7 Å². The Morgan fingerprint density at radius 3 is 2.58 bits per heavy atom. The van der Waals surface area contributed by atoms with E-state index in [1.165, 1.54) is 10.5 Å². The van der Waals surface area contributed by atoms with Gasteiger partial charge in [0.05, 0.1) is 0 Å². The van der Waals surface area contributed by atoms with E-state index in [4.69, 9.17) is 0 Å². The van der Waals surface area contributed by atoms with Gasteiger partial charge in [-0.2, -0.15) is 0 Å². The number of nitrogens with zero attached hydrogens (tertiary/aromatic N) is 1. The van der Waals surface area contributed by atoms with Gasteiger partial charge in [0.2, 0.25) is 0 Å². The molecule has 0 aliphatic carbocycles. The minimum Gasteiger partial charge on any atom is -0.336 e. The Kier molecular flexibility index (Phi) is 4.16. The van der Waals surface area contributed by atoms with E-state index in [9.17, 15) is 9.59 Å². The highest BCUT2D eigenvalue weighted by Crippen LogP contribution is 2.07. The fourth-order valence-electron chi connectivity index (χ4n) is 2.31. The van der Waals surface area contributed by atoms with Crippen LogP contribution < -0.4 is 10.6 Å². The Hall–Kier alpha value is -1.88. The minimum atomic E-state index is -0.280. The topological polar surface area (TPSA) is 66.0 Å². The SMILES string of the molecule is C[C@H]([NH2+][C@H](C)c1ccccc1)C(=O)N1CCNC1=O. The number of carbonyl (C=O) groups excluding carboxylic acids is 2. The zero-order valence-corrected chi connectivity index (χ0v) is 11.3. The number of rotatable bonds is 4. The monoisotopic (exact) mass is 262 g/mol. The fourth-order valence-corrected chi connectivity index (χ4v) is 2.31. The third kappa shape index (κ3) is 3.12. The molecule has 5 heteroatoms. The summed E-state index contributed by atoms with van der Waals surface area (Å²) < 4.78 is 0. The van der Waals surface area contributed by atoms with Gasteiger partial charge in [-0.25, -0.2) is 4.79 Å². The van der Waals surface area contributed by atoms with Crippen LogP contribution in [0.15, 0.2) is 30.3 Å². The first-order chi connectivity index (χ1) is 9.09. The number of hydrogen-bond donors (Lipinski definition) is 2.